The molecule has 4 rings (SSSR count). The van der Waals surface area contributed by atoms with Gasteiger partial charge < -0.3 is 13.7 Å². The summed E-state index contributed by atoms with van der Waals surface area (Å²) in [5, 5.41) is 0. The molecule has 3 aromatic rings. The molecule has 0 amide bonds. The number of aromatic nitrogens is 1. The second-order valence-corrected chi connectivity index (χ2v) is 9.46. The van der Waals surface area contributed by atoms with Crippen molar-refractivity contribution in [1.29, 1.82) is 0 Å². The van der Waals surface area contributed by atoms with Crippen molar-refractivity contribution in [2.75, 3.05) is 18.0 Å². The van der Waals surface area contributed by atoms with Gasteiger partial charge in [0.25, 0.3) is 9.05 Å². The smallest absolute Gasteiger partial charge is 0.261 e. The largest absolute Gasteiger partial charge is 0.453 e. The standard InChI is InChI=1S/C17H17ClN2O3S2/c18-25(21,22)12-7-8-16-15(11-12)23-14-6-4-5-13(17(14)19-24-16)20-9-2-1-3-10-20/h4-8,11,19H,1-3,9-10H2. The number of halogens is 1. The number of benzene rings is 2. The van der Waals surface area contributed by atoms with Gasteiger partial charge in [-0.1, -0.05) is 17.6 Å². The highest BCUT2D eigenvalue weighted by molar-refractivity contribution is 8.13. The van der Waals surface area contributed by atoms with E-state index >= 15 is 0 Å². The third-order valence-electron chi connectivity index (χ3n) is 4.38. The van der Waals surface area contributed by atoms with Crippen LogP contribution in [0, 0.1) is 0 Å². The van der Waals surface area contributed by atoms with Crippen molar-refractivity contribution in [2.24, 2.45) is 0 Å². The lowest BCUT2D eigenvalue weighted by molar-refractivity contribution is 0.578. The molecule has 5 nitrogen and oxygen atoms in total. The average Bonchev–Trinajstić information content (AvgIpc) is 2.80. The fourth-order valence-electron chi connectivity index (χ4n) is 3.13. The lowest BCUT2D eigenvalue weighted by Gasteiger charge is -2.29. The Kier molecular flexibility index (Phi) is 4.39. The van der Waals surface area contributed by atoms with Crippen LogP contribution in [0.2, 0.25) is 0 Å². The fourth-order valence-corrected chi connectivity index (χ4v) is 4.65. The first-order chi connectivity index (χ1) is 12.0. The highest BCUT2D eigenvalue weighted by Gasteiger charge is 2.15. The SMILES string of the molecule is O=S(=O)(Cl)c1ccc2s[nH]c3c(N4CCCCC4)cccc3oc2c1. The lowest BCUT2D eigenvalue weighted by atomic mass is 10.1. The summed E-state index contributed by atoms with van der Waals surface area (Å²) < 4.78 is 33.4. The third-order valence-corrected chi connectivity index (χ3v) is 6.60. The van der Waals surface area contributed by atoms with Crippen LogP contribution in [0.3, 0.4) is 0 Å². The van der Waals surface area contributed by atoms with Crippen molar-refractivity contribution >= 4 is 58.3 Å². The highest BCUT2D eigenvalue weighted by Crippen LogP contribution is 2.31. The van der Waals surface area contributed by atoms with Crippen LogP contribution >= 0.6 is 22.2 Å². The van der Waals surface area contributed by atoms with Gasteiger partial charge in [0, 0.05) is 29.8 Å². The molecule has 2 aromatic carbocycles. The van der Waals surface area contributed by atoms with E-state index in [-0.39, 0.29) is 4.90 Å². The van der Waals surface area contributed by atoms with Crippen molar-refractivity contribution < 1.29 is 12.8 Å². The van der Waals surface area contributed by atoms with E-state index in [0.717, 1.165) is 29.0 Å². The summed E-state index contributed by atoms with van der Waals surface area (Å²) in [6.45, 7) is 2.06. The number of hydrogen-bond acceptors (Lipinski definition) is 5. The summed E-state index contributed by atoms with van der Waals surface area (Å²) in [7, 11) is 1.66. The zero-order valence-corrected chi connectivity index (χ0v) is 15.8. The van der Waals surface area contributed by atoms with Crippen LogP contribution in [0.25, 0.3) is 21.4 Å². The summed E-state index contributed by atoms with van der Waals surface area (Å²) in [4.78, 5) is 2.40. The molecular weight excluding hydrogens is 380 g/mol. The number of rotatable bonds is 2. The molecule has 0 bridgehead atoms. The van der Waals surface area contributed by atoms with Gasteiger partial charge >= 0.3 is 0 Å². The lowest BCUT2D eigenvalue weighted by Crippen LogP contribution is -2.29. The number of aromatic amines is 1. The molecule has 0 radical (unpaired) electrons. The number of anilines is 1. The molecular formula is C17H17ClN2O3S2. The van der Waals surface area contributed by atoms with Crippen LogP contribution in [0.15, 0.2) is 45.7 Å². The molecule has 0 atom stereocenters. The summed E-state index contributed by atoms with van der Waals surface area (Å²) in [5.74, 6) is 0. The molecule has 1 aromatic heterocycles. The monoisotopic (exact) mass is 396 g/mol. The van der Waals surface area contributed by atoms with E-state index in [1.807, 2.05) is 12.1 Å². The minimum Gasteiger partial charge on any atom is -0.453 e. The van der Waals surface area contributed by atoms with E-state index in [2.05, 4.69) is 15.3 Å². The summed E-state index contributed by atoms with van der Waals surface area (Å²) in [6, 6.07) is 10.6. The first-order valence-corrected chi connectivity index (χ1v) is 11.2. The van der Waals surface area contributed by atoms with Crippen molar-refractivity contribution in [3.63, 3.8) is 0 Å². The van der Waals surface area contributed by atoms with Gasteiger partial charge in [0.2, 0.25) is 0 Å². The molecule has 1 N–H and O–H groups in total. The van der Waals surface area contributed by atoms with Crippen molar-refractivity contribution in [3.05, 3.63) is 36.4 Å². The Morgan fingerprint density at radius 2 is 1.88 bits per heavy atom. The molecule has 0 spiro atoms. The number of para-hydroxylation sites is 1. The molecule has 1 fully saturated rings. The maximum Gasteiger partial charge on any atom is 0.261 e. The quantitative estimate of drug-likeness (QED) is 0.618. The first-order valence-electron chi connectivity index (χ1n) is 8.10. The molecule has 2 heterocycles. The van der Waals surface area contributed by atoms with Gasteiger partial charge in [-0.15, -0.1) is 0 Å². The van der Waals surface area contributed by atoms with E-state index in [1.165, 1.54) is 42.9 Å². The Morgan fingerprint density at radius 1 is 1.08 bits per heavy atom. The van der Waals surface area contributed by atoms with E-state index in [1.54, 1.807) is 6.07 Å². The highest BCUT2D eigenvalue weighted by atomic mass is 35.7. The third kappa shape index (κ3) is 3.36. The van der Waals surface area contributed by atoms with Crippen LogP contribution in [-0.4, -0.2) is 25.9 Å². The zero-order valence-electron chi connectivity index (χ0n) is 13.4. The fraction of sp³-hybridized carbons (Fsp3) is 0.294. The predicted molar refractivity (Wildman–Crippen MR) is 103 cm³/mol. The molecule has 8 heteroatoms. The summed E-state index contributed by atoms with van der Waals surface area (Å²) in [6.07, 6.45) is 3.65. The van der Waals surface area contributed by atoms with E-state index in [4.69, 9.17) is 15.1 Å². The van der Waals surface area contributed by atoms with Gasteiger partial charge in [-0.2, -0.15) is 0 Å². The first kappa shape index (κ1) is 16.8. The normalized spacial score (nSPS) is 15.6. The van der Waals surface area contributed by atoms with Crippen LogP contribution in [0.5, 0.6) is 0 Å². The Balaban J connectivity index is 1.94. The van der Waals surface area contributed by atoms with E-state index in [0.29, 0.717) is 11.2 Å². The second-order valence-electron chi connectivity index (χ2n) is 6.05. The molecule has 132 valence electrons. The Morgan fingerprint density at radius 3 is 2.64 bits per heavy atom. The topological polar surface area (TPSA) is 66.3 Å². The average molecular weight is 397 g/mol. The molecule has 25 heavy (non-hydrogen) atoms. The van der Waals surface area contributed by atoms with Crippen molar-refractivity contribution in [2.45, 2.75) is 24.2 Å². The Hall–Kier alpha value is -1.70. The Bertz CT molecular complexity index is 1070. The summed E-state index contributed by atoms with van der Waals surface area (Å²) >= 11 is 1.41. The molecule has 1 aliphatic heterocycles. The number of piperidine rings is 1. The van der Waals surface area contributed by atoms with Crippen LogP contribution in [0.1, 0.15) is 19.3 Å². The number of H-pyrrole nitrogens is 1. The maximum atomic E-state index is 11.6. The predicted octanol–water partition coefficient (Wildman–Crippen LogP) is 5.02. The summed E-state index contributed by atoms with van der Waals surface area (Å²) in [5.41, 5.74) is 3.19. The van der Waals surface area contributed by atoms with Crippen molar-refractivity contribution in [1.82, 2.24) is 4.37 Å². The second kappa shape index (κ2) is 6.55. The molecule has 0 saturated carbocycles. The van der Waals surface area contributed by atoms with Crippen LogP contribution < -0.4 is 4.90 Å². The van der Waals surface area contributed by atoms with Crippen LogP contribution in [-0.2, 0) is 9.05 Å². The number of hydrogen-bond donors (Lipinski definition) is 1. The molecule has 1 saturated heterocycles. The minimum atomic E-state index is -3.80. The van der Waals surface area contributed by atoms with E-state index in [9.17, 15) is 8.42 Å². The van der Waals surface area contributed by atoms with Gasteiger partial charge in [0.1, 0.15) is 11.1 Å². The van der Waals surface area contributed by atoms with Gasteiger partial charge in [-0.05, 0) is 43.5 Å². The van der Waals surface area contributed by atoms with Gasteiger partial charge in [0.15, 0.2) is 5.58 Å². The Labute approximate surface area is 154 Å². The molecule has 0 unspecified atom stereocenters. The van der Waals surface area contributed by atoms with Gasteiger partial charge in [-0.3, -0.25) is 0 Å². The van der Waals surface area contributed by atoms with Crippen LogP contribution in [0.4, 0.5) is 5.69 Å². The molecule has 0 aliphatic carbocycles. The number of nitrogens with one attached hydrogen (secondary N) is 1. The minimum absolute atomic E-state index is 0.0316. The maximum absolute atomic E-state index is 11.6. The van der Waals surface area contributed by atoms with Crippen molar-refractivity contribution in [3.8, 4) is 0 Å². The molecule has 1 aliphatic rings. The van der Waals surface area contributed by atoms with Gasteiger partial charge in [0.05, 0.1) is 15.3 Å². The van der Waals surface area contributed by atoms with E-state index < -0.39 is 9.05 Å². The van der Waals surface area contributed by atoms with Gasteiger partial charge in [-0.25, -0.2) is 8.42 Å². The number of fused-ring (bicyclic) bond motifs is 2. The number of nitrogens with zero attached hydrogens (tertiary/aromatic N) is 1. The zero-order chi connectivity index (χ0) is 17.4.